The Morgan fingerprint density at radius 3 is 1.53 bits per heavy atom. The predicted molar refractivity (Wildman–Crippen MR) is 231 cm³/mol. The molecule has 0 radical (unpaired) electrons. The molecule has 5 aromatic rings. The van der Waals surface area contributed by atoms with Crippen LogP contribution in [-0.2, 0) is 0 Å². The number of anilines is 3. The Morgan fingerprint density at radius 2 is 1.08 bits per heavy atom. The van der Waals surface area contributed by atoms with Crippen molar-refractivity contribution in [3.63, 3.8) is 0 Å². The van der Waals surface area contributed by atoms with Gasteiger partial charge < -0.3 is 22.2 Å². The highest BCUT2D eigenvalue weighted by Crippen LogP contribution is 2.20. The van der Waals surface area contributed by atoms with Gasteiger partial charge in [-0.25, -0.2) is 19.9 Å². The number of aromatic amines is 1. The third-order valence-corrected chi connectivity index (χ3v) is 9.24. The molecule has 5 heterocycles. The van der Waals surface area contributed by atoms with Gasteiger partial charge in [0.25, 0.3) is 0 Å². The molecular formula is C34H37Br5N8Si2. The van der Waals surface area contributed by atoms with Crippen LogP contribution < -0.4 is 17.2 Å². The van der Waals surface area contributed by atoms with Crippen LogP contribution in [-0.4, -0.2) is 41.1 Å². The summed E-state index contributed by atoms with van der Waals surface area (Å²) in [4.78, 5) is 18.9. The lowest BCUT2D eigenvalue weighted by Gasteiger charge is -2.04. The van der Waals surface area contributed by atoms with Crippen molar-refractivity contribution < 1.29 is 0 Å². The number of nitrogens with zero attached hydrogens (tertiary/aromatic N) is 4. The van der Waals surface area contributed by atoms with Crippen LogP contribution >= 0.6 is 79.6 Å². The number of nitrogen functional groups attached to an aromatic ring is 3. The number of rotatable bonds is 0. The van der Waals surface area contributed by atoms with Crippen molar-refractivity contribution in [3.05, 3.63) is 94.8 Å². The van der Waals surface area contributed by atoms with Crippen LogP contribution in [0.5, 0.6) is 0 Å². The van der Waals surface area contributed by atoms with Crippen LogP contribution in [0.15, 0.2) is 83.7 Å². The third-order valence-electron chi connectivity index (χ3n) is 5.13. The van der Waals surface area contributed by atoms with Crippen molar-refractivity contribution in [1.82, 2.24) is 24.9 Å². The monoisotopic (exact) mass is 1010 g/mol. The third kappa shape index (κ3) is 19.1. The fourth-order valence-corrected chi connectivity index (χ4v) is 5.22. The first-order valence-electron chi connectivity index (χ1n) is 14.2. The molecule has 0 spiro atoms. The van der Waals surface area contributed by atoms with Crippen LogP contribution in [0.1, 0.15) is 11.1 Å². The van der Waals surface area contributed by atoms with Crippen molar-refractivity contribution in [2.75, 3.05) is 17.2 Å². The van der Waals surface area contributed by atoms with Gasteiger partial charge >= 0.3 is 0 Å². The molecule has 0 fully saturated rings. The summed E-state index contributed by atoms with van der Waals surface area (Å²) >= 11 is 16.4. The number of nitrogens with two attached hydrogens (primary N) is 3. The second-order valence-corrected chi connectivity index (χ2v) is 25.9. The van der Waals surface area contributed by atoms with Crippen LogP contribution in [0.25, 0.3) is 11.0 Å². The molecule has 256 valence electrons. The molecule has 0 amide bonds. The summed E-state index contributed by atoms with van der Waals surface area (Å²) in [5.41, 5.74) is 24.9. The van der Waals surface area contributed by atoms with E-state index < -0.39 is 16.1 Å². The molecule has 8 nitrogen and oxygen atoms in total. The summed E-state index contributed by atoms with van der Waals surface area (Å²) in [7, 11) is -2.44. The van der Waals surface area contributed by atoms with E-state index in [1.807, 2.05) is 30.5 Å². The van der Waals surface area contributed by atoms with Crippen molar-refractivity contribution in [3.8, 4) is 35.8 Å². The van der Waals surface area contributed by atoms with Gasteiger partial charge in [0.1, 0.15) is 39.2 Å². The molecule has 5 rings (SSSR count). The zero-order valence-corrected chi connectivity index (χ0v) is 37.8. The van der Waals surface area contributed by atoms with Gasteiger partial charge in [0.05, 0.1) is 15.6 Å². The van der Waals surface area contributed by atoms with Gasteiger partial charge in [0.2, 0.25) is 0 Å². The fraction of sp³-hybridized carbons (Fsp3) is 0.176. The van der Waals surface area contributed by atoms with Gasteiger partial charge in [-0.1, -0.05) is 51.1 Å². The topological polar surface area (TPSA) is 145 Å². The molecule has 7 N–H and O–H groups in total. The number of nitrogens with one attached hydrogen (secondary N) is 1. The van der Waals surface area contributed by atoms with Gasteiger partial charge in [0.15, 0.2) is 0 Å². The largest absolute Gasteiger partial charge is 0.383 e. The predicted octanol–water partition coefficient (Wildman–Crippen LogP) is 10.1. The van der Waals surface area contributed by atoms with Crippen LogP contribution in [0.2, 0.25) is 39.3 Å². The Hall–Kier alpha value is -2.95. The van der Waals surface area contributed by atoms with Crippen molar-refractivity contribution in [1.29, 1.82) is 0 Å². The summed E-state index contributed by atoms with van der Waals surface area (Å²) < 4.78 is 4.50. The standard InChI is InChI=1S/C10H13BrN2Si.2C7H5BrN2.C5H4Br2N2.C5H10Si/c1-14(2,3)5-4-8-6-9(11)7-13-10(8)12;8-6-3-5-1-2-9-7(5)10-4-6;1-2-5-3-6(8)4-10-7(5)9;6-3-1-4(7)5(8)9-2-3;1-5-6(2,3)4/h6-7H,1-3H3,(H2,12,13);1-4H,(H,9,10);1,3-4H,(H2,9,10);1-2H,(H2,8,9);1H,2-4H3. The van der Waals surface area contributed by atoms with Gasteiger partial charge in [0, 0.05) is 54.3 Å². The number of pyridine rings is 4. The highest BCUT2D eigenvalue weighted by Gasteiger charge is 2.08. The summed E-state index contributed by atoms with van der Waals surface area (Å²) in [6.07, 6.45) is 18.8. The lowest BCUT2D eigenvalue weighted by atomic mass is 10.3. The molecule has 0 bridgehead atoms. The Labute approximate surface area is 333 Å². The Balaban J connectivity index is 0.000000314. The van der Waals surface area contributed by atoms with Crippen molar-refractivity contribution in [2.45, 2.75) is 39.3 Å². The Morgan fingerprint density at radius 1 is 0.633 bits per heavy atom. The molecule has 15 heteroatoms. The molecule has 0 unspecified atom stereocenters. The molecular weight excluding hydrogens is 976 g/mol. The second-order valence-electron chi connectivity index (χ2n) is 11.8. The second kappa shape index (κ2) is 21.3. The zero-order valence-electron chi connectivity index (χ0n) is 27.8. The van der Waals surface area contributed by atoms with E-state index in [2.05, 4.69) is 167 Å². The van der Waals surface area contributed by atoms with E-state index in [0.29, 0.717) is 23.0 Å². The van der Waals surface area contributed by atoms with Gasteiger partial charge in [-0.2, -0.15) is 0 Å². The van der Waals surface area contributed by atoms with Crippen LogP contribution in [0, 0.1) is 35.8 Å². The van der Waals surface area contributed by atoms with E-state index in [0.717, 1.165) is 39.0 Å². The summed E-state index contributed by atoms with van der Waals surface area (Å²) in [6, 6.07) is 9.52. The average molecular weight is 1010 g/mol. The first-order chi connectivity index (χ1) is 22.7. The Kier molecular flexibility index (Phi) is 19.2. The van der Waals surface area contributed by atoms with E-state index in [-0.39, 0.29) is 0 Å². The molecule has 0 aliphatic heterocycles. The number of halogens is 5. The average Bonchev–Trinajstić information content (AvgIpc) is 3.49. The molecule has 0 saturated carbocycles. The number of aromatic nitrogens is 5. The summed E-state index contributed by atoms with van der Waals surface area (Å²) in [5, 5.41) is 1.13. The first-order valence-corrected chi connectivity index (χ1v) is 25.2. The number of fused-ring (bicyclic) bond motifs is 1. The SMILES string of the molecule is Brc1cnc2[nH]ccc2c1.C#C[Si](C)(C)C.C#Cc1cc(Br)cnc1N.C[Si](C)(C)C#Cc1cc(Br)cnc1N.Nc1ncc(Br)cc1Br. The fourth-order valence-electron chi connectivity index (χ4n) is 2.71. The minimum absolute atomic E-state index is 0.394. The molecule has 0 saturated heterocycles. The minimum atomic E-state index is -1.34. The van der Waals surface area contributed by atoms with E-state index in [9.17, 15) is 0 Å². The maximum atomic E-state index is 5.70. The number of H-pyrrole nitrogens is 1. The molecule has 49 heavy (non-hydrogen) atoms. The van der Waals surface area contributed by atoms with E-state index >= 15 is 0 Å². The van der Waals surface area contributed by atoms with E-state index in [4.69, 9.17) is 30.0 Å². The molecule has 0 aromatic carbocycles. The first kappa shape index (κ1) is 44.1. The summed E-state index contributed by atoms with van der Waals surface area (Å²) in [5.74, 6) is 6.91. The van der Waals surface area contributed by atoms with E-state index in [1.165, 1.54) is 0 Å². The quantitative estimate of drug-likeness (QED) is 0.0893. The maximum Gasteiger partial charge on any atom is 0.139 e. The molecule has 0 atom stereocenters. The van der Waals surface area contributed by atoms with Crippen LogP contribution in [0.3, 0.4) is 0 Å². The lowest BCUT2D eigenvalue weighted by molar-refractivity contribution is 1.30. The smallest absolute Gasteiger partial charge is 0.139 e. The summed E-state index contributed by atoms with van der Waals surface area (Å²) in [6.45, 7) is 13.0. The highest BCUT2D eigenvalue weighted by molar-refractivity contribution is 9.11. The van der Waals surface area contributed by atoms with E-state index in [1.54, 1.807) is 30.9 Å². The van der Waals surface area contributed by atoms with Gasteiger partial charge in [-0.3, -0.25) is 0 Å². The Bertz CT molecular complexity index is 1980. The van der Waals surface area contributed by atoms with Crippen molar-refractivity contribution >= 4 is 124 Å². The van der Waals surface area contributed by atoms with Crippen molar-refractivity contribution in [2.24, 2.45) is 0 Å². The zero-order chi connectivity index (χ0) is 37.4. The maximum absolute atomic E-state index is 5.70. The van der Waals surface area contributed by atoms with Crippen LogP contribution in [0.4, 0.5) is 17.5 Å². The molecule has 0 aliphatic rings. The number of hydrogen-bond donors (Lipinski definition) is 4. The number of terminal acetylenes is 2. The normalized spacial score (nSPS) is 9.98. The highest BCUT2D eigenvalue weighted by atomic mass is 79.9. The minimum Gasteiger partial charge on any atom is -0.383 e. The lowest BCUT2D eigenvalue weighted by Crippen LogP contribution is -2.16. The number of hydrogen-bond acceptors (Lipinski definition) is 7. The molecule has 5 aromatic heterocycles. The molecule has 0 aliphatic carbocycles. The van der Waals surface area contributed by atoms with Gasteiger partial charge in [-0.15, -0.1) is 23.9 Å². The van der Waals surface area contributed by atoms with Gasteiger partial charge in [-0.05, 0) is 110 Å².